The smallest absolute Gasteiger partial charge is 0.241 e. The van der Waals surface area contributed by atoms with Gasteiger partial charge in [-0.25, -0.2) is 0 Å². The second-order valence-corrected chi connectivity index (χ2v) is 6.89. The summed E-state index contributed by atoms with van der Waals surface area (Å²) in [6.45, 7) is 3.43. The van der Waals surface area contributed by atoms with E-state index in [9.17, 15) is 19.8 Å². The summed E-state index contributed by atoms with van der Waals surface area (Å²) < 4.78 is 0. The quantitative estimate of drug-likeness (QED) is 0.595. The van der Waals surface area contributed by atoms with Gasteiger partial charge in [0.15, 0.2) is 0 Å². The Labute approximate surface area is 124 Å². The monoisotopic (exact) mass is 293 g/mol. The Balaban J connectivity index is 2.08. The summed E-state index contributed by atoms with van der Waals surface area (Å²) in [5.74, 6) is -0.364. The van der Waals surface area contributed by atoms with E-state index < -0.39 is 16.9 Å². The summed E-state index contributed by atoms with van der Waals surface area (Å²) in [6.07, 6.45) is 4.96. The molecule has 21 heavy (non-hydrogen) atoms. The molecule has 5 nitrogen and oxygen atoms in total. The van der Waals surface area contributed by atoms with Crippen molar-refractivity contribution in [3.63, 3.8) is 0 Å². The van der Waals surface area contributed by atoms with Crippen LogP contribution in [0.1, 0.15) is 39.5 Å². The number of rotatable bonds is 4. The summed E-state index contributed by atoms with van der Waals surface area (Å²) in [5, 5.41) is 19.2. The Bertz CT molecular complexity index is 526. The normalized spacial score (nSPS) is 36.2. The first-order valence-electron chi connectivity index (χ1n) is 7.78. The van der Waals surface area contributed by atoms with E-state index >= 15 is 0 Å². The lowest BCUT2D eigenvalue weighted by atomic mass is 9.46. The van der Waals surface area contributed by atoms with Crippen LogP contribution in [0.25, 0.3) is 0 Å². The Morgan fingerprint density at radius 3 is 2.43 bits per heavy atom. The zero-order chi connectivity index (χ0) is 15.4. The van der Waals surface area contributed by atoms with Crippen molar-refractivity contribution >= 4 is 11.8 Å². The van der Waals surface area contributed by atoms with Gasteiger partial charge in [-0.3, -0.25) is 14.5 Å². The van der Waals surface area contributed by atoms with E-state index in [1.807, 2.05) is 19.9 Å². The summed E-state index contributed by atoms with van der Waals surface area (Å²) in [5.41, 5.74) is -0.870. The molecule has 116 valence electrons. The molecule has 0 unspecified atom stereocenters. The maximum Gasteiger partial charge on any atom is 0.241 e. The molecule has 1 saturated heterocycles. The third-order valence-electron chi connectivity index (χ3n) is 5.75. The number of hydrogen-bond donors (Lipinski definition) is 2. The van der Waals surface area contributed by atoms with Crippen LogP contribution in [0.3, 0.4) is 0 Å². The average molecular weight is 293 g/mol. The van der Waals surface area contributed by atoms with E-state index in [0.29, 0.717) is 18.4 Å². The van der Waals surface area contributed by atoms with Gasteiger partial charge in [-0.15, -0.1) is 0 Å². The van der Waals surface area contributed by atoms with Gasteiger partial charge in [0.1, 0.15) is 0 Å². The first-order chi connectivity index (χ1) is 9.96. The number of aliphatic hydroxyl groups excluding tert-OH is 2. The predicted molar refractivity (Wildman–Crippen MR) is 76.1 cm³/mol. The lowest BCUT2D eigenvalue weighted by molar-refractivity contribution is -0.146. The molecule has 0 aromatic carbocycles. The van der Waals surface area contributed by atoms with Crippen molar-refractivity contribution in [2.45, 2.75) is 45.6 Å². The van der Waals surface area contributed by atoms with Gasteiger partial charge in [0.25, 0.3) is 0 Å². The third kappa shape index (κ3) is 1.48. The topological polar surface area (TPSA) is 77.8 Å². The lowest BCUT2D eigenvalue weighted by Gasteiger charge is -2.52. The van der Waals surface area contributed by atoms with Gasteiger partial charge in [0.05, 0.1) is 30.1 Å². The Morgan fingerprint density at radius 1 is 1.19 bits per heavy atom. The fraction of sp³-hybridized carbons (Fsp3) is 0.750. The van der Waals surface area contributed by atoms with Crippen LogP contribution in [0.5, 0.6) is 0 Å². The molecule has 3 atom stereocenters. The minimum atomic E-state index is -0.820. The molecule has 1 saturated carbocycles. The van der Waals surface area contributed by atoms with E-state index in [1.54, 1.807) is 0 Å². The molecule has 0 spiro atoms. The molecule has 2 aliphatic carbocycles. The van der Waals surface area contributed by atoms with Crippen LogP contribution >= 0.6 is 0 Å². The molecule has 2 N–H and O–H groups in total. The molecule has 0 aromatic rings. The van der Waals surface area contributed by atoms with Crippen LogP contribution in [0.4, 0.5) is 0 Å². The summed E-state index contributed by atoms with van der Waals surface area (Å²) >= 11 is 0. The summed E-state index contributed by atoms with van der Waals surface area (Å²) in [4.78, 5) is 27.3. The van der Waals surface area contributed by atoms with Crippen molar-refractivity contribution < 1.29 is 19.8 Å². The van der Waals surface area contributed by atoms with Gasteiger partial charge >= 0.3 is 0 Å². The maximum absolute atomic E-state index is 13.0. The van der Waals surface area contributed by atoms with Crippen molar-refractivity contribution in [2.24, 2.45) is 16.7 Å². The fourth-order valence-electron chi connectivity index (χ4n) is 4.59. The van der Waals surface area contributed by atoms with Crippen molar-refractivity contribution in [3.05, 3.63) is 11.6 Å². The van der Waals surface area contributed by atoms with Crippen LogP contribution in [0, 0.1) is 16.7 Å². The number of hydrogen-bond acceptors (Lipinski definition) is 4. The first kappa shape index (κ1) is 14.7. The minimum Gasteiger partial charge on any atom is -0.394 e. The van der Waals surface area contributed by atoms with E-state index in [0.717, 1.165) is 12.8 Å². The number of carbonyl (C=O) groups excluding carboxylic acids is 2. The number of nitrogens with zero attached hydrogens (tertiary/aromatic N) is 1. The van der Waals surface area contributed by atoms with Gasteiger partial charge < -0.3 is 10.2 Å². The number of carbonyl (C=O) groups is 2. The fourth-order valence-corrected chi connectivity index (χ4v) is 4.59. The number of aliphatic hydroxyl groups is 2. The highest BCUT2D eigenvalue weighted by Crippen LogP contribution is 2.68. The highest BCUT2D eigenvalue weighted by Gasteiger charge is 2.75. The standard InChI is InChI=1S/C16H23NO4/c1-10(2)12(9-19)17-13(20)15-5-3-4-6-16(15,14(17)21)11(7-15)8-18/h7,10,12,18-19H,3-6,8-9H2,1-2H3/t12-,15-,16+/m1/s1. The van der Waals surface area contributed by atoms with Crippen LogP contribution in [0.15, 0.2) is 11.6 Å². The van der Waals surface area contributed by atoms with E-state index in [4.69, 9.17) is 0 Å². The van der Waals surface area contributed by atoms with Crippen molar-refractivity contribution in [1.82, 2.24) is 4.90 Å². The lowest BCUT2D eigenvalue weighted by Crippen LogP contribution is -2.55. The largest absolute Gasteiger partial charge is 0.394 e. The third-order valence-corrected chi connectivity index (χ3v) is 5.75. The van der Waals surface area contributed by atoms with Crippen molar-refractivity contribution in [3.8, 4) is 0 Å². The van der Waals surface area contributed by atoms with Gasteiger partial charge in [-0.1, -0.05) is 32.8 Å². The number of amides is 2. The molecule has 1 aliphatic heterocycles. The predicted octanol–water partition coefficient (Wildman–Crippen LogP) is 0.851. The average Bonchev–Trinajstić information content (AvgIpc) is 2.59. The van der Waals surface area contributed by atoms with E-state index in [2.05, 4.69) is 0 Å². The van der Waals surface area contributed by atoms with Gasteiger partial charge in [-0.2, -0.15) is 0 Å². The van der Waals surface area contributed by atoms with Gasteiger partial charge in [0.2, 0.25) is 11.8 Å². The van der Waals surface area contributed by atoms with Gasteiger partial charge in [0, 0.05) is 0 Å². The second kappa shape index (κ2) is 4.65. The van der Waals surface area contributed by atoms with Crippen LogP contribution in [0.2, 0.25) is 0 Å². The number of likely N-dealkylation sites (tertiary alicyclic amines) is 1. The minimum absolute atomic E-state index is 0.00725. The Kier molecular flexibility index (Phi) is 3.26. The molecule has 0 radical (unpaired) electrons. The Hall–Kier alpha value is -1.20. The zero-order valence-corrected chi connectivity index (χ0v) is 12.6. The van der Waals surface area contributed by atoms with E-state index in [-0.39, 0.29) is 30.9 Å². The molecule has 5 heteroatoms. The SMILES string of the molecule is CC(C)[C@@H](CO)N1C(=O)[C@@]23CCCC[C@@]2(C=C3CO)C1=O. The molecule has 2 fully saturated rings. The highest BCUT2D eigenvalue weighted by atomic mass is 16.3. The molecule has 3 rings (SSSR count). The maximum atomic E-state index is 13.0. The van der Waals surface area contributed by atoms with Crippen molar-refractivity contribution in [1.29, 1.82) is 0 Å². The Morgan fingerprint density at radius 2 is 1.86 bits per heavy atom. The molecule has 1 heterocycles. The molecule has 3 aliphatic rings. The molecular formula is C16H23NO4. The van der Waals surface area contributed by atoms with Crippen LogP contribution in [-0.2, 0) is 9.59 Å². The molecule has 0 aromatic heterocycles. The summed E-state index contributed by atoms with van der Waals surface area (Å²) in [6, 6.07) is -0.476. The zero-order valence-electron chi connectivity index (χ0n) is 12.6. The van der Waals surface area contributed by atoms with Gasteiger partial charge in [-0.05, 0) is 24.3 Å². The van der Waals surface area contributed by atoms with Crippen molar-refractivity contribution in [2.75, 3.05) is 13.2 Å². The van der Waals surface area contributed by atoms with Crippen LogP contribution < -0.4 is 0 Å². The van der Waals surface area contributed by atoms with Crippen LogP contribution in [-0.4, -0.2) is 46.2 Å². The molecular weight excluding hydrogens is 270 g/mol. The summed E-state index contributed by atoms with van der Waals surface area (Å²) in [7, 11) is 0. The number of imide groups is 1. The van der Waals surface area contributed by atoms with E-state index in [1.165, 1.54) is 4.90 Å². The first-order valence-corrected chi connectivity index (χ1v) is 7.78. The highest BCUT2D eigenvalue weighted by molar-refractivity contribution is 6.15. The molecule has 2 amide bonds. The molecule has 0 bridgehead atoms. The second-order valence-electron chi connectivity index (χ2n) is 6.89.